The van der Waals surface area contributed by atoms with Crippen LogP contribution in [0, 0.1) is 0 Å². The molecule has 16 heavy (non-hydrogen) atoms. The van der Waals surface area contributed by atoms with E-state index in [1.807, 2.05) is 0 Å². The third kappa shape index (κ3) is 3.00. The number of rotatable bonds is 5. The number of hydrogen-bond donors (Lipinski definition) is 1. The number of nitrogens with zero attached hydrogens (tertiary/aromatic N) is 3. The Balaban J connectivity index is 1.90. The molecule has 5 heteroatoms. The Bertz CT molecular complexity index is 410. The average molecular weight is 234 g/mol. The third-order valence-corrected chi connectivity index (χ3v) is 2.86. The van der Waals surface area contributed by atoms with Gasteiger partial charge in [-0.05, 0) is 22.8 Å². The molecule has 1 N–H and O–H groups in total. The molecule has 0 aliphatic carbocycles. The molecule has 0 saturated carbocycles. The second-order valence-corrected chi connectivity index (χ2v) is 4.32. The summed E-state index contributed by atoms with van der Waals surface area (Å²) in [4.78, 5) is 0. The largest absolute Gasteiger partial charge is 0.355 e. The van der Waals surface area contributed by atoms with Crippen LogP contribution in [0.5, 0.6) is 0 Å². The SMILES string of the molecule is CCCc1ccc(CNc2nnns2)cc1. The van der Waals surface area contributed by atoms with E-state index in [0.717, 1.165) is 18.1 Å². The second-order valence-electron chi connectivity index (χ2n) is 3.59. The summed E-state index contributed by atoms with van der Waals surface area (Å²) in [6.07, 6.45) is 2.34. The predicted molar refractivity (Wildman–Crippen MR) is 65.5 cm³/mol. The lowest BCUT2D eigenvalue weighted by Gasteiger charge is -2.03. The van der Waals surface area contributed by atoms with Crippen molar-refractivity contribution in [1.82, 2.24) is 14.8 Å². The molecule has 0 atom stereocenters. The minimum Gasteiger partial charge on any atom is -0.355 e. The fourth-order valence-electron chi connectivity index (χ4n) is 1.49. The Hall–Kier alpha value is -1.49. The maximum atomic E-state index is 3.82. The zero-order chi connectivity index (χ0) is 11.2. The minimum absolute atomic E-state index is 0.762. The first-order chi connectivity index (χ1) is 7.88. The molecule has 0 spiro atoms. The number of hydrogen-bond acceptors (Lipinski definition) is 5. The molecule has 0 aliphatic rings. The van der Waals surface area contributed by atoms with Gasteiger partial charge in [0.1, 0.15) is 0 Å². The minimum atomic E-state index is 0.762. The zero-order valence-electron chi connectivity index (χ0n) is 9.18. The van der Waals surface area contributed by atoms with Gasteiger partial charge in [-0.1, -0.05) is 47.2 Å². The van der Waals surface area contributed by atoms with Gasteiger partial charge in [0, 0.05) is 18.1 Å². The maximum Gasteiger partial charge on any atom is 0.225 e. The Kier molecular flexibility index (Phi) is 3.82. The highest BCUT2D eigenvalue weighted by atomic mass is 32.1. The van der Waals surface area contributed by atoms with Crippen LogP contribution < -0.4 is 5.32 Å². The van der Waals surface area contributed by atoms with Gasteiger partial charge in [0.05, 0.1) is 0 Å². The highest BCUT2D eigenvalue weighted by molar-refractivity contribution is 7.09. The number of nitrogens with one attached hydrogen (secondary N) is 1. The van der Waals surface area contributed by atoms with Crippen molar-refractivity contribution in [2.24, 2.45) is 0 Å². The number of anilines is 1. The van der Waals surface area contributed by atoms with Crippen LogP contribution in [-0.2, 0) is 13.0 Å². The summed E-state index contributed by atoms with van der Waals surface area (Å²) >= 11 is 1.27. The van der Waals surface area contributed by atoms with Crippen molar-refractivity contribution < 1.29 is 0 Å². The van der Waals surface area contributed by atoms with Crippen molar-refractivity contribution in [2.75, 3.05) is 5.32 Å². The van der Waals surface area contributed by atoms with E-state index in [0.29, 0.717) is 0 Å². The monoisotopic (exact) mass is 234 g/mol. The van der Waals surface area contributed by atoms with Crippen molar-refractivity contribution in [3.8, 4) is 0 Å². The molecule has 0 amide bonds. The Morgan fingerprint density at radius 2 is 1.94 bits per heavy atom. The van der Waals surface area contributed by atoms with Crippen LogP contribution in [0.15, 0.2) is 24.3 Å². The summed E-state index contributed by atoms with van der Waals surface area (Å²) in [5.41, 5.74) is 2.64. The van der Waals surface area contributed by atoms with Gasteiger partial charge < -0.3 is 5.32 Å². The summed E-state index contributed by atoms with van der Waals surface area (Å²) in [6, 6.07) is 8.65. The highest BCUT2D eigenvalue weighted by Gasteiger charge is 1.98. The molecule has 2 rings (SSSR count). The summed E-state index contributed by atoms with van der Waals surface area (Å²) in [6.45, 7) is 2.96. The van der Waals surface area contributed by atoms with E-state index in [1.54, 1.807) is 0 Å². The van der Waals surface area contributed by atoms with E-state index in [-0.39, 0.29) is 0 Å². The standard InChI is InChI=1S/C11H14N4S/c1-2-3-9-4-6-10(7-5-9)8-12-11-13-14-15-16-11/h4-7H,2-3,8H2,1H3,(H,12,13,15). The van der Waals surface area contributed by atoms with Gasteiger partial charge in [0.15, 0.2) is 0 Å². The van der Waals surface area contributed by atoms with E-state index in [2.05, 4.69) is 51.3 Å². The first-order valence-electron chi connectivity index (χ1n) is 5.35. The molecule has 84 valence electrons. The topological polar surface area (TPSA) is 50.7 Å². The summed E-state index contributed by atoms with van der Waals surface area (Å²) in [5.74, 6) is 0. The maximum absolute atomic E-state index is 3.82. The van der Waals surface area contributed by atoms with Crippen LogP contribution >= 0.6 is 11.5 Å². The quantitative estimate of drug-likeness (QED) is 0.863. The van der Waals surface area contributed by atoms with Gasteiger partial charge in [-0.25, -0.2) is 0 Å². The van der Waals surface area contributed by atoms with Gasteiger partial charge in [0.25, 0.3) is 0 Å². The number of aromatic nitrogens is 3. The Morgan fingerprint density at radius 1 is 1.19 bits per heavy atom. The average Bonchev–Trinajstić information content (AvgIpc) is 2.82. The van der Waals surface area contributed by atoms with Crippen molar-refractivity contribution in [3.05, 3.63) is 35.4 Å². The van der Waals surface area contributed by atoms with E-state index < -0.39 is 0 Å². The molecule has 0 fully saturated rings. The van der Waals surface area contributed by atoms with Gasteiger partial charge in [-0.2, -0.15) is 0 Å². The van der Waals surface area contributed by atoms with Crippen LogP contribution in [-0.4, -0.2) is 14.8 Å². The number of benzene rings is 1. The van der Waals surface area contributed by atoms with Crippen molar-refractivity contribution in [3.63, 3.8) is 0 Å². The third-order valence-electron chi connectivity index (χ3n) is 2.30. The van der Waals surface area contributed by atoms with E-state index in [4.69, 9.17) is 0 Å². The second kappa shape index (κ2) is 5.55. The zero-order valence-corrected chi connectivity index (χ0v) is 10.00. The fourth-order valence-corrected chi connectivity index (χ4v) is 1.85. The van der Waals surface area contributed by atoms with E-state index in [1.165, 1.54) is 29.1 Å². The molecule has 0 unspecified atom stereocenters. The van der Waals surface area contributed by atoms with Crippen LogP contribution in [0.3, 0.4) is 0 Å². The Labute approximate surface area is 98.9 Å². The van der Waals surface area contributed by atoms with Crippen molar-refractivity contribution >= 4 is 16.7 Å². The molecule has 4 nitrogen and oxygen atoms in total. The van der Waals surface area contributed by atoms with Crippen LogP contribution in [0.2, 0.25) is 0 Å². The highest BCUT2D eigenvalue weighted by Crippen LogP contribution is 2.10. The van der Waals surface area contributed by atoms with E-state index >= 15 is 0 Å². The molecule has 1 heterocycles. The molecular formula is C11H14N4S. The van der Waals surface area contributed by atoms with Crippen LogP contribution in [0.25, 0.3) is 0 Å². The smallest absolute Gasteiger partial charge is 0.225 e. The summed E-state index contributed by atoms with van der Waals surface area (Å²) in [7, 11) is 0. The summed E-state index contributed by atoms with van der Waals surface area (Å²) < 4.78 is 3.69. The van der Waals surface area contributed by atoms with Gasteiger partial charge in [-0.15, -0.1) is 0 Å². The normalized spacial score (nSPS) is 10.3. The Morgan fingerprint density at radius 3 is 2.56 bits per heavy atom. The fraction of sp³-hybridized carbons (Fsp3) is 0.364. The van der Waals surface area contributed by atoms with Gasteiger partial charge in [0.2, 0.25) is 5.13 Å². The molecule has 2 aromatic rings. The lowest BCUT2D eigenvalue weighted by molar-refractivity contribution is 0.919. The van der Waals surface area contributed by atoms with Crippen LogP contribution in [0.4, 0.5) is 5.13 Å². The lowest BCUT2D eigenvalue weighted by atomic mass is 10.1. The molecule has 0 aliphatic heterocycles. The first-order valence-corrected chi connectivity index (χ1v) is 6.12. The predicted octanol–water partition coefficient (Wildman–Crippen LogP) is 2.50. The van der Waals surface area contributed by atoms with Gasteiger partial charge in [-0.3, -0.25) is 0 Å². The molecule has 0 radical (unpaired) electrons. The molecule has 0 bridgehead atoms. The number of aryl methyl sites for hydroxylation is 1. The summed E-state index contributed by atoms with van der Waals surface area (Å²) in [5, 5.41) is 11.3. The molecule has 0 saturated heterocycles. The molecule has 1 aromatic heterocycles. The lowest BCUT2D eigenvalue weighted by Crippen LogP contribution is -1.99. The van der Waals surface area contributed by atoms with Crippen LogP contribution in [0.1, 0.15) is 24.5 Å². The molecule has 1 aromatic carbocycles. The molecular weight excluding hydrogens is 220 g/mol. The van der Waals surface area contributed by atoms with Crippen molar-refractivity contribution in [1.29, 1.82) is 0 Å². The van der Waals surface area contributed by atoms with Gasteiger partial charge >= 0.3 is 0 Å². The van der Waals surface area contributed by atoms with E-state index in [9.17, 15) is 0 Å². The first kappa shape index (κ1) is 11.0. The van der Waals surface area contributed by atoms with Crippen molar-refractivity contribution in [2.45, 2.75) is 26.3 Å².